The second-order valence-corrected chi connectivity index (χ2v) is 8.37. The van der Waals surface area contributed by atoms with Crippen molar-refractivity contribution in [2.45, 2.75) is 63.0 Å². The van der Waals surface area contributed by atoms with Gasteiger partial charge in [-0.25, -0.2) is 0 Å². The molecule has 0 aromatic heterocycles. The number of hydrogen-bond donors (Lipinski definition) is 3. The number of halogens is 1. The summed E-state index contributed by atoms with van der Waals surface area (Å²) in [6.45, 7) is 5.69. The monoisotopic (exact) mass is 542 g/mol. The van der Waals surface area contributed by atoms with Crippen molar-refractivity contribution in [3.05, 3.63) is 40.3 Å². The summed E-state index contributed by atoms with van der Waals surface area (Å²) in [4.78, 5) is 40.0. The quantitative estimate of drug-likeness (QED) is 0.0866. The number of nitrogens with zero attached hydrogens (tertiary/aromatic N) is 3. The first-order valence-corrected chi connectivity index (χ1v) is 11.9. The van der Waals surface area contributed by atoms with Gasteiger partial charge in [-0.3, -0.25) is 14.4 Å². The number of hydrogen-bond acceptors (Lipinski definition) is 4. The molecule has 31 heavy (non-hydrogen) atoms. The maximum Gasteiger partial charge on any atom is 0.246 e. The average Bonchev–Trinajstić information content (AvgIpc) is 2.74. The Morgan fingerprint density at radius 2 is 1.71 bits per heavy atom. The molecule has 1 rings (SSSR count). The van der Waals surface area contributed by atoms with Gasteiger partial charge < -0.3 is 16.0 Å². The molecule has 0 fully saturated rings. The van der Waals surface area contributed by atoms with Crippen LogP contribution >= 0.6 is 22.6 Å². The standard InChI is InChI=1S/C21H31IN6O3/c1-14(2)19(27-18(29)7-5-4-6-12-24-28-23)21(31)25-15(3)20(30)26-17-10-8-16(13-22)9-11-17/h8-11,14-15,19H,4-7,12-13H2,1-3H3,(H,25,31)(H,26,30)(H,27,29). The van der Waals surface area contributed by atoms with E-state index in [0.29, 0.717) is 18.7 Å². The van der Waals surface area contributed by atoms with E-state index in [0.717, 1.165) is 22.8 Å². The molecule has 0 radical (unpaired) electrons. The van der Waals surface area contributed by atoms with Crippen molar-refractivity contribution in [1.82, 2.24) is 10.6 Å². The first-order chi connectivity index (χ1) is 14.8. The van der Waals surface area contributed by atoms with E-state index in [1.165, 1.54) is 0 Å². The third kappa shape index (κ3) is 10.5. The van der Waals surface area contributed by atoms with Crippen LogP contribution in [0.15, 0.2) is 29.4 Å². The zero-order chi connectivity index (χ0) is 23.2. The van der Waals surface area contributed by atoms with E-state index >= 15 is 0 Å². The van der Waals surface area contributed by atoms with Crippen LogP contribution in [-0.4, -0.2) is 36.3 Å². The van der Waals surface area contributed by atoms with Crippen LogP contribution in [0.3, 0.4) is 0 Å². The van der Waals surface area contributed by atoms with Crippen LogP contribution in [0, 0.1) is 5.92 Å². The van der Waals surface area contributed by atoms with Gasteiger partial charge in [-0.05, 0) is 48.9 Å². The SMILES string of the molecule is CC(NC(=O)C(NC(=O)CCCCCN=[N+]=[N-])C(C)C)C(=O)Nc1ccc(CI)cc1. The van der Waals surface area contributed by atoms with Crippen molar-refractivity contribution >= 4 is 46.0 Å². The van der Waals surface area contributed by atoms with Gasteiger partial charge in [0.25, 0.3) is 0 Å². The number of anilines is 1. The summed E-state index contributed by atoms with van der Waals surface area (Å²) in [5.41, 5.74) is 10.1. The van der Waals surface area contributed by atoms with Crippen molar-refractivity contribution in [1.29, 1.82) is 0 Å². The van der Waals surface area contributed by atoms with Gasteiger partial charge in [0.05, 0.1) is 0 Å². The predicted octanol–water partition coefficient (Wildman–Crippen LogP) is 4.08. The van der Waals surface area contributed by atoms with Gasteiger partial charge in [0.2, 0.25) is 17.7 Å². The van der Waals surface area contributed by atoms with Crippen LogP contribution in [0.25, 0.3) is 10.4 Å². The first kappa shape index (κ1) is 26.7. The van der Waals surface area contributed by atoms with E-state index in [9.17, 15) is 14.4 Å². The molecule has 0 spiro atoms. The second kappa shape index (κ2) is 14.6. The lowest BCUT2D eigenvalue weighted by atomic mass is 10.0. The Labute approximate surface area is 196 Å². The molecule has 0 saturated carbocycles. The molecule has 0 heterocycles. The molecule has 0 aliphatic rings. The Bertz CT molecular complexity index is 778. The molecular formula is C21H31IN6O3. The predicted molar refractivity (Wildman–Crippen MR) is 130 cm³/mol. The first-order valence-electron chi connectivity index (χ1n) is 10.3. The van der Waals surface area contributed by atoms with Crippen LogP contribution in [0.4, 0.5) is 5.69 Å². The number of azide groups is 1. The van der Waals surface area contributed by atoms with Crippen LogP contribution < -0.4 is 16.0 Å². The fourth-order valence-corrected chi connectivity index (χ4v) is 3.28. The lowest BCUT2D eigenvalue weighted by Gasteiger charge is -2.24. The molecule has 3 amide bonds. The summed E-state index contributed by atoms with van der Waals surface area (Å²) in [5.74, 6) is -1.07. The zero-order valence-electron chi connectivity index (χ0n) is 18.2. The fourth-order valence-electron chi connectivity index (χ4n) is 2.77. The lowest BCUT2D eigenvalue weighted by molar-refractivity contribution is -0.131. The van der Waals surface area contributed by atoms with Crippen LogP contribution in [0.5, 0.6) is 0 Å². The Morgan fingerprint density at radius 1 is 1.03 bits per heavy atom. The highest BCUT2D eigenvalue weighted by atomic mass is 127. The summed E-state index contributed by atoms with van der Waals surface area (Å²) in [5, 5.41) is 11.7. The molecule has 0 aliphatic heterocycles. The second-order valence-electron chi connectivity index (χ2n) is 7.60. The van der Waals surface area contributed by atoms with E-state index in [1.807, 2.05) is 38.1 Å². The van der Waals surface area contributed by atoms with Crippen molar-refractivity contribution in [3.63, 3.8) is 0 Å². The lowest BCUT2D eigenvalue weighted by Crippen LogP contribution is -2.53. The number of carbonyl (C=O) groups excluding carboxylic acids is 3. The van der Waals surface area contributed by atoms with Crippen molar-refractivity contribution < 1.29 is 14.4 Å². The summed E-state index contributed by atoms with van der Waals surface area (Å²) in [6, 6.07) is 6.04. The molecule has 170 valence electrons. The summed E-state index contributed by atoms with van der Waals surface area (Å²) >= 11 is 2.27. The highest BCUT2D eigenvalue weighted by Crippen LogP contribution is 2.12. The maximum atomic E-state index is 12.7. The average molecular weight is 542 g/mol. The summed E-state index contributed by atoms with van der Waals surface area (Å²) in [7, 11) is 0. The Morgan fingerprint density at radius 3 is 2.29 bits per heavy atom. The molecule has 0 aliphatic carbocycles. The number of benzene rings is 1. The molecule has 0 saturated heterocycles. The van der Waals surface area contributed by atoms with E-state index in [1.54, 1.807) is 6.92 Å². The van der Waals surface area contributed by atoms with Crippen LogP contribution in [-0.2, 0) is 18.8 Å². The van der Waals surface area contributed by atoms with Crippen molar-refractivity contribution in [2.75, 3.05) is 11.9 Å². The topological polar surface area (TPSA) is 136 Å². The van der Waals surface area contributed by atoms with E-state index in [-0.39, 0.29) is 24.2 Å². The highest BCUT2D eigenvalue weighted by Gasteiger charge is 2.26. The maximum absolute atomic E-state index is 12.7. The Hall–Kier alpha value is -2.33. The van der Waals surface area contributed by atoms with Gasteiger partial charge in [-0.15, -0.1) is 0 Å². The molecule has 10 heteroatoms. The highest BCUT2D eigenvalue weighted by molar-refractivity contribution is 14.1. The molecule has 2 unspecified atom stereocenters. The third-order valence-corrected chi connectivity index (χ3v) is 5.50. The van der Waals surface area contributed by atoms with Gasteiger partial charge in [-0.2, -0.15) is 0 Å². The van der Waals surface area contributed by atoms with Gasteiger partial charge in [0.1, 0.15) is 12.1 Å². The van der Waals surface area contributed by atoms with Crippen LogP contribution in [0.1, 0.15) is 52.0 Å². The van der Waals surface area contributed by atoms with Gasteiger partial charge >= 0.3 is 0 Å². The summed E-state index contributed by atoms with van der Waals surface area (Å²) in [6.07, 6.45) is 2.42. The Kier molecular flexibility index (Phi) is 12.6. The molecule has 1 aromatic rings. The zero-order valence-corrected chi connectivity index (χ0v) is 20.4. The largest absolute Gasteiger partial charge is 0.344 e. The van der Waals surface area contributed by atoms with E-state index < -0.39 is 18.0 Å². The smallest absolute Gasteiger partial charge is 0.246 e. The number of carbonyl (C=O) groups is 3. The van der Waals surface area contributed by atoms with Gasteiger partial charge in [0.15, 0.2) is 0 Å². The molecule has 2 atom stereocenters. The van der Waals surface area contributed by atoms with Gasteiger partial charge in [-0.1, -0.05) is 60.1 Å². The molecule has 1 aromatic carbocycles. The third-order valence-electron chi connectivity index (χ3n) is 4.62. The molecule has 9 nitrogen and oxygen atoms in total. The minimum absolute atomic E-state index is 0.134. The Balaban J connectivity index is 2.52. The normalized spacial score (nSPS) is 12.4. The number of rotatable bonds is 13. The van der Waals surface area contributed by atoms with Crippen LogP contribution in [0.2, 0.25) is 0 Å². The minimum Gasteiger partial charge on any atom is -0.344 e. The van der Waals surface area contributed by atoms with E-state index in [2.05, 4.69) is 48.6 Å². The number of nitrogens with one attached hydrogen (secondary N) is 3. The number of unbranched alkanes of at least 4 members (excludes halogenated alkanes) is 2. The minimum atomic E-state index is -0.754. The number of alkyl halides is 1. The number of amides is 3. The van der Waals surface area contributed by atoms with Crippen molar-refractivity contribution in [2.24, 2.45) is 11.0 Å². The van der Waals surface area contributed by atoms with Crippen molar-refractivity contribution in [3.8, 4) is 0 Å². The van der Waals surface area contributed by atoms with Gasteiger partial charge in [0, 0.05) is 28.0 Å². The molecular weight excluding hydrogens is 511 g/mol. The molecule has 3 N–H and O–H groups in total. The fraction of sp³-hybridized carbons (Fsp3) is 0.571. The summed E-state index contributed by atoms with van der Waals surface area (Å²) < 4.78 is 0.885. The molecule has 0 bridgehead atoms. The van der Waals surface area contributed by atoms with E-state index in [4.69, 9.17) is 5.53 Å².